The smallest absolute Gasteiger partial charge is 0.251 e. The zero-order chi connectivity index (χ0) is 18.7. The first-order chi connectivity index (χ1) is 12.4. The van der Waals surface area contributed by atoms with Gasteiger partial charge >= 0.3 is 0 Å². The zero-order valence-electron chi connectivity index (χ0n) is 14.0. The van der Waals surface area contributed by atoms with E-state index in [1.165, 1.54) is 0 Å². The zero-order valence-corrected chi connectivity index (χ0v) is 14.8. The summed E-state index contributed by atoms with van der Waals surface area (Å²) >= 11 is 1.56. The summed E-state index contributed by atoms with van der Waals surface area (Å²) in [6.45, 7) is 1.14. The van der Waals surface area contributed by atoms with Gasteiger partial charge in [0.1, 0.15) is 0 Å². The fourth-order valence-corrected chi connectivity index (χ4v) is 3.65. The van der Waals surface area contributed by atoms with Crippen LogP contribution in [0.15, 0.2) is 29.6 Å². The Bertz CT molecular complexity index is 775. The van der Waals surface area contributed by atoms with Crippen LogP contribution in [-0.2, 0) is 11.2 Å². The molecular weight excluding hydrogens is 356 g/mol. The highest BCUT2D eigenvalue weighted by Gasteiger charge is 2.25. The van der Waals surface area contributed by atoms with Gasteiger partial charge in [-0.25, -0.2) is 0 Å². The van der Waals surface area contributed by atoms with Gasteiger partial charge in [0.05, 0.1) is 6.42 Å². The van der Waals surface area contributed by atoms with Crippen molar-refractivity contribution in [2.24, 2.45) is 0 Å². The molecule has 4 N–H and O–H groups in total. The van der Waals surface area contributed by atoms with Crippen molar-refractivity contribution in [3.8, 4) is 17.2 Å². The number of piperidine rings is 1. The lowest BCUT2D eigenvalue weighted by molar-refractivity contribution is -0.131. The molecule has 7 nitrogen and oxygen atoms in total. The number of hydrogen-bond acceptors (Lipinski definition) is 6. The maximum absolute atomic E-state index is 12.3. The number of likely N-dealkylation sites (tertiary alicyclic amines) is 1. The van der Waals surface area contributed by atoms with E-state index in [4.69, 9.17) is 0 Å². The predicted molar refractivity (Wildman–Crippen MR) is 96.5 cm³/mol. The van der Waals surface area contributed by atoms with Crippen LogP contribution < -0.4 is 5.32 Å². The van der Waals surface area contributed by atoms with Crippen LogP contribution in [-0.4, -0.2) is 51.2 Å². The van der Waals surface area contributed by atoms with E-state index in [1.54, 1.807) is 16.2 Å². The van der Waals surface area contributed by atoms with E-state index in [1.807, 2.05) is 17.5 Å². The highest BCUT2D eigenvalue weighted by atomic mass is 32.1. The molecular formula is C18H20N2O5S. The number of nitrogens with one attached hydrogen (secondary N) is 1. The Morgan fingerprint density at radius 2 is 1.81 bits per heavy atom. The van der Waals surface area contributed by atoms with Crippen molar-refractivity contribution < 1.29 is 24.9 Å². The first-order valence-corrected chi connectivity index (χ1v) is 9.18. The maximum Gasteiger partial charge on any atom is 0.251 e. The second-order valence-electron chi connectivity index (χ2n) is 6.25. The number of aromatic hydroxyl groups is 3. The Hall–Kier alpha value is -2.74. The first-order valence-electron chi connectivity index (χ1n) is 8.30. The third kappa shape index (κ3) is 4.08. The molecule has 2 heterocycles. The molecule has 3 rings (SSSR count). The van der Waals surface area contributed by atoms with Gasteiger partial charge in [0, 0.05) is 29.6 Å². The molecule has 1 aliphatic heterocycles. The molecule has 1 aromatic carbocycles. The number of carbonyl (C=O) groups is 2. The standard InChI is InChI=1S/C18H20N2O5S/c21-14-8-11(9-15(22)17(14)24)18(25)19-12-3-5-20(6-4-12)16(23)10-13-2-1-7-26-13/h1-2,7-9,12,21-22,24H,3-6,10H2,(H,19,25). The van der Waals surface area contributed by atoms with Gasteiger partial charge < -0.3 is 25.5 Å². The molecule has 1 saturated heterocycles. The second-order valence-corrected chi connectivity index (χ2v) is 7.28. The Balaban J connectivity index is 1.52. The summed E-state index contributed by atoms with van der Waals surface area (Å²) < 4.78 is 0. The van der Waals surface area contributed by atoms with Crippen LogP contribution in [0.25, 0.3) is 0 Å². The fraction of sp³-hybridized carbons (Fsp3) is 0.333. The summed E-state index contributed by atoms with van der Waals surface area (Å²) in [7, 11) is 0. The molecule has 0 aliphatic carbocycles. The summed E-state index contributed by atoms with van der Waals surface area (Å²) in [5, 5.41) is 33.1. The number of benzene rings is 1. The normalized spacial score (nSPS) is 15.0. The van der Waals surface area contributed by atoms with Gasteiger partial charge in [-0.15, -0.1) is 11.3 Å². The minimum absolute atomic E-state index is 0.0639. The largest absolute Gasteiger partial charge is 0.504 e. The van der Waals surface area contributed by atoms with Gasteiger partial charge in [0.2, 0.25) is 5.91 Å². The fourth-order valence-electron chi connectivity index (χ4n) is 2.95. The van der Waals surface area contributed by atoms with Crippen molar-refractivity contribution in [1.29, 1.82) is 0 Å². The lowest BCUT2D eigenvalue weighted by Crippen LogP contribution is -2.46. The molecule has 0 spiro atoms. The van der Waals surface area contributed by atoms with Crippen molar-refractivity contribution in [3.63, 3.8) is 0 Å². The van der Waals surface area contributed by atoms with Crippen LogP contribution in [0.2, 0.25) is 0 Å². The highest BCUT2D eigenvalue weighted by Crippen LogP contribution is 2.35. The summed E-state index contributed by atoms with van der Waals surface area (Å²) in [4.78, 5) is 27.4. The molecule has 0 atom stereocenters. The van der Waals surface area contributed by atoms with Crippen molar-refractivity contribution >= 4 is 23.2 Å². The summed E-state index contributed by atoms with van der Waals surface area (Å²) in [5.74, 6) is -2.11. The third-order valence-corrected chi connectivity index (χ3v) is 5.30. The van der Waals surface area contributed by atoms with E-state index < -0.39 is 23.2 Å². The highest BCUT2D eigenvalue weighted by molar-refractivity contribution is 7.10. The molecule has 2 aromatic rings. The lowest BCUT2D eigenvalue weighted by Gasteiger charge is -2.32. The topological polar surface area (TPSA) is 110 Å². The number of amides is 2. The van der Waals surface area contributed by atoms with E-state index in [0.29, 0.717) is 32.4 Å². The molecule has 0 radical (unpaired) electrons. The molecule has 8 heteroatoms. The van der Waals surface area contributed by atoms with Crippen LogP contribution in [0.4, 0.5) is 0 Å². The monoisotopic (exact) mass is 376 g/mol. The molecule has 0 bridgehead atoms. The molecule has 138 valence electrons. The number of rotatable bonds is 4. The number of thiophene rings is 1. The third-order valence-electron chi connectivity index (χ3n) is 4.42. The van der Waals surface area contributed by atoms with Crippen LogP contribution in [0, 0.1) is 0 Å². The summed E-state index contributed by atoms with van der Waals surface area (Å²) in [5.41, 5.74) is 0.0639. The molecule has 0 unspecified atom stereocenters. The second kappa shape index (κ2) is 7.65. The minimum Gasteiger partial charge on any atom is -0.504 e. The van der Waals surface area contributed by atoms with Crippen LogP contribution in [0.3, 0.4) is 0 Å². The van der Waals surface area contributed by atoms with Crippen molar-refractivity contribution in [1.82, 2.24) is 10.2 Å². The summed E-state index contributed by atoms with van der Waals surface area (Å²) in [6, 6.07) is 5.98. The van der Waals surface area contributed by atoms with E-state index in [0.717, 1.165) is 17.0 Å². The number of nitrogens with zero attached hydrogens (tertiary/aromatic N) is 1. The average Bonchev–Trinajstić information content (AvgIpc) is 3.12. The van der Waals surface area contributed by atoms with Gasteiger partial charge in [0.15, 0.2) is 17.2 Å². The van der Waals surface area contributed by atoms with Crippen LogP contribution in [0.1, 0.15) is 28.1 Å². The van der Waals surface area contributed by atoms with E-state index in [2.05, 4.69) is 5.32 Å². The molecule has 1 fully saturated rings. The lowest BCUT2D eigenvalue weighted by atomic mass is 10.0. The molecule has 2 amide bonds. The quantitative estimate of drug-likeness (QED) is 0.609. The number of phenolic OH excluding ortho intramolecular Hbond substituents is 3. The molecule has 1 aliphatic rings. The number of carbonyl (C=O) groups excluding carboxylic acids is 2. The van der Waals surface area contributed by atoms with Crippen molar-refractivity contribution in [2.45, 2.75) is 25.3 Å². The Kier molecular flexibility index (Phi) is 5.32. The van der Waals surface area contributed by atoms with Gasteiger partial charge in [0.25, 0.3) is 5.91 Å². The van der Waals surface area contributed by atoms with Crippen molar-refractivity contribution in [3.05, 3.63) is 40.1 Å². The van der Waals surface area contributed by atoms with Gasteiger partial charge in [-0.05, 0) is 36.4 Å². The van der Waals surface area contributed by atoms with Crippen LogP contribution in [0.5, 0.6) is 17.2 Å². The molecule has 0 saturated carbocycles. The molecule has 1 aromatic heterocycles. The SMILES string of the molecule is O=C(NC1CCN(C(=O)Cc2cccs2)CC1)c1cc(O)c(O)c(O)c1. The van der Waals surface area contributed by atoms with E-state index in [9.17, 15) is 24.9 Å². The first kappa shape index (κ1) is 18.1. The average molecular weight is 376 g/mol. The van der Waals surface area contributed by atoms with E-state index >= 15 is 0 Å². The van der Waals surface area contributed by atoms with Gasteiger partial charge in [-0.3, -0.25) is 9.59 Å². The Morgan fingerprint density at radius 3 is 2.38 bits per heavy atom. The number of hydrogen-bond donors (Lipinski definition) is 4. The van der Waals surface area contributed by atoms with E-state index in [-0.39, 0.29) is 17.5 Å². The predicted octanol–water partition coefficient (Wildman–Crippen LogP) is 1.83. The maximum atomic E-state index is 12.3. The van der Waals surface area contributed by atoms with Crippen LogP contribution >= 0.6 is 11.3 Å². The molecule has 26 heavy (non-hydrogen) atoms. The van der Waals surface area contributed by atoms with Crippen molar-refractivity contribution in [2.75, 3.05) is 13.1 Å². The van der Waals surface area contributed by atoms with Gasteiger partial charge in [-0.2, -0.15) is 0 Å². The number of phenols is 3. The summed E-state index contributed by atoms with van der Waals surface area (Å²) in [6.07, 6.45) is 1.68. The minimum atomic E-state index is -0.654. The Morgan fingerprint density at radius 1 is 1.15 bits per heavy atom. The Labute approximate surface area is 154 Å². The van der Waals surface area contributed by atoms with Gasteiger partial charge in [-0.1, -0.05) is 6.07 Å².